The molecule has 1 aromatic heterocycles. The van der Waals surface area contributed by atoms with E-state index < -0.39 is 17.8 Å². The van der Waals surface area contributed by atoms with Crippen molar-refractivity contribution >= 4 is 23.5 Å². The standard InChI is InChI=1S/C27H39FN2O2S/c1-20(2)8-6-9-22(5)10-7-11-23(13-12-21(3)4)16-17-33-19-25(27(31)32)30-26-15-14-24(28)18-29-26/h8,10,12,14-16,18,25H,6-7,9,11,13,17,19H2,1-5H3,(H,29,30)(H,31,32)/b22-10+,23-16-. The van der Waals surface area contributed by atoms with Gasteiger partial charge in [0, 0.05) is 11.5 Å². The molecule has 0 bridgehead atoms. The van der Waals surface area contributed by atoms with Crippen molar-refractivity contribution in [3.63, 3.8) is 0 Å². The number of pyridine rings is 1. The minimum atomic E-state index is -0.948. The number of aliphatic carboxylic acids is 1. The summed E-state index contributed by atoms with van der Waals surface area (Å²) in [5.41, 5.74) is 5.45. The quantitative estimate of drug-likeness (QED) is 0.203. The van der Waals surface area contributed by atoms with Crippen LogP contribution in [0.2, 0.25) is 0 Å². The van der Waals surface area contributed by atoms with Crippen molar-refractivity contribution in [3.05, 3.63) is 70.7 Å². The average molecular weight is 475 g/mol. The average Bonchev–Trinajstić information content (AvgIpc) is 2.74. The van der Waals surface area contributed by atoms with Crippen molar-refractivity contribution in [2.24, 2.45) is 0 Å². The fourth-order valence-corrected chi connectivity index (χ4v) is 3.95. The Morgan fingerprint density at radius 1 is 1.06 bits per heavy atom. The summed E-state index contributed by atoms with van der Waals surface area (Å²) >= 11 is 1.56. The van der Waals surface area contributed by atoms with Gasteiger partial charge in [0.05, 0.1) is 6.20 Å². The predicted molar refractivity (Wildman–Crippen MR) is 140 cm³/mol. The van der Waals surface area contributed by atoms with Crippen LogP contribution >= 0.6 is 11.8 Å². The molecule has 1 aromatic rings. The number of rotatable bonds is 15. The molecule has 0 saturated heterocycles. The van der Waals surface area contributed by atoms with Gasteiger partial charge in [-0.2, -0.15) is 11.8 Å². The predicted octanol–water partition coefficient (Wildman–Crippen LogP) is 7.57. The van der Waals surface area contributed by atoms with E-state index in [1.807, 2.05) is 0 Å². The number of thioether (sulfide) groups is 1. The molecule has 0 radical (unpaired) electrons. The molecule has 0 aliphatic rings. The third-order valence-electron chi connectivity index (χ3n) is 4.94. The Kier molecular flexibility index (Phi) is 14.2. The lowest BCUT2D eigenvalue weighted by Crippen LogP contribution is -2.32. The van der Waals surface area contributed by atoms with E-state index in [1.165, 1.54) is 34.4 Å². The zero-order chi connectivity index (χ0) is 24.6. The second-order valence-electron chi connectivity index (χ2n) is 8.69. The number of aromatic nitrogens is 1. The largest absolute Gasteiger partial charge is 0.480 e. The molecular formula is C27H39FN2O2S. The Hall–Kier alpha value is -2.34. The minimum absolute atomic E-state index is 0.357. The molecule has 0 aromatic carbocycles. The van der Waals surface area contributed by atoms with Crippen molar-refractivity contribution in [1.82, 2.24) is 4.98 Å². The molecule has 1 rings (SSSR count). The topological polar surface area (TPSA) is 62.2 Å². The number of allylic oxidation sites excluding steroid dienone is 7. The van der Waals surface area contributed by atoms with E-state index in [0.717, 1.165) is 44.1 Å². The van der Waals surface area contributed by atoms with Crippen LogP contribution in [0.1, 0.15) is 66.7 Å². The molecule has 1 atom stereocenters. The monoisotopic (exact) mass is 474 g/mol. The molecule has 6 heteroatoms. The van der Waals surface area contributed by atoms with Crippen LogP contribution in [-0.2, 0) is 4.79 Å². The summed E-state index contributed by atoms with van der Waals surface area (Å²) in [7, 11) is 0. The maximum absolute atomic E-state index is 13.0. The Bertz CT molecular complexity index is 849. The van der Waals surface area contributed by atoms with Gasteiger partial charge in [-0.1, -0.05) is 46.6 Å². The second kappa shape index (κ2) is 16.3. The molecule has 2 N–H and O–H groups in total. The molecular weight excluding hydrogens is 435 g/mol. The highest BCUT2D eigenvalue weighted by molar-refractivity contribution is 7.99. The maximum Gasteiger partial charge on any atom is 0.327 e. The first kappa shape index (κ1) is 28.7. The van der Waals surface area contributed by atoms with Crippen LogP contribution in [0.15, 0.2) is 64.9 Å². The van der Waals surface area contributed by atoms with Gasteiger partial charge in [0.1, 0.15) is 17.7 Å². The van der Waals surface area contributed by atoms with E-state index >= 15 is 0 Å². The fraction of sp³-hybridized carbons (Fsp3) is 0.481. The summed E-state index contributed by atoms with van der Waals surface area (Å²) < 4.78 is 13.0. The first-order valence-electron chi connectivity index (χ1n) is 11.5. The van der Waals surface area contributed by atoms with Gasteiger partial charge in [0.15, 0.2) is 0 Å². The molecule has 0 aliphatic heterocycles. The zero-order valence-corrected chi connectivity index (χ0v) is 21.5. The number of nitrogens with one attached hydrogen (secondary N) is 1. The number of hydrogen-bond donors (Lipinski definition) is 2. The summed E-state index contributed by atoms with van der Waals surface area (Å²) in [5, 5.41) is 12.4. The first-order chi connectivity index (χ1) is 15.7. The summed E-state index contributed by atoms with van der Waals surface area (Å²) in [6.07, 6.45) is 15.3. The van der Waals surface area contributed by atoms with Crippen molar-refractivity contribution in [1.29, 1.82) is 0 Å². The summed E-state index contributed by atoms with van der Waals surface area (Å²) in [6, 6.07) is 1.92. The van der Waals surface area contributed by atoms with Crippen LogP contribution in [0.3, 0.4) is 0 Å². The maximum atomic E-state index is 13.0. The van der Waals surface area contributed by atoms with Crippen molar-refractivity contribution in [2.75, 3.05) is 16.8 Å². The number of nitrogens with zero attached hydrogens (tertiary/aromatic N) is 1. The van der Waals surface area contributed by atoms with Crippen LogP contribution in [0.5, 0.6) is 0 Å². The lowest BCUT2D eigenvalue weighted by molar-refractivity contribution is -0.137. The van der Waals surface area contributed by atoms with E-state index in [0.29, 0.717) is 11.6 Å². The van der Waals surface area contributed by atoms with Crippen LogP contribution in [0.4, 0.5) is 10.2 Å². The van der Waals surface area contributed by atoms with Gasteiger partial charge >= 0.3 is 5.97 Å². The van der Waals surface area contributed by atoms with Gasteiger partial charge in [-0.25, -0.2) is 14.2 Å². The lowest BCUT2D eigenvalue weighted by atomic mass is 10.0. The molecule has 1 unspecified atom stereocenters. The Labute approximate surface area is 203 Å². The third-order valence-corrected chi connectivity index (χ3v) is 5.92. The van der Waals surface area contributed by atoms with E-state index in [1.54, 1.807) is 11.8 Å². The van der Waals surface area contributed by atoms with Crippen molar-refractivity contribution in [3.8, 4) is 0 Å². The van der Waals surface area contributed by atoms with E-state index in [9.17, 15) is 14.3 Å². The molecule has 0 spiro atoms. The number of halogens is 1. The second-order valence-corrected chi connectivity index (χ2v) is 9.77. The fourth-order valence-electron chi connectivity index (χ4n) is 2.99. The number of carboxylic acid groups (broad SMARTS) is 1. The highest BCUT2D eigenvalue weighted by atomic mass is 32.2. The lowest BCUT2D eigenvalue weighted by Gasteiger charge is -2.14. The van der Waals surface area contributed by atoms with Gasteiger partial charge in [-0.15, -0.1) is 0 Å². The van der Waals surface area contributed by atoms with Crippen LogP contribution in [-0.4, -0.2) is 33.6 Å². The van der Waals surface area contributed by atoms with Gasteiger partial charge in [-0.3, -0.25) is 0 Å². The van der Waals surface area contributed by atoms with E-state index in [2.05, 4.69) is 69.2 Å². The molecule has 33 heavy (non-hydrogen) atoms. The number of anilines is 1. The smallest absolute Gasteiger partial charge is 0.327 e. The number of carbonyl (C=O) groups is 1. The molecule has 0 fully saturated rings. The summed E-state index contributed by atoms with van der Waals surface area (Å²) in [5.74, 6) is 0.0996. The van der Waals surface area contributed by atoms with E-state index in [-0.39, 0.29) is 0 Å². The summed E-state index contributed by atoms with van der Waals surface area (Å²) in [4.78, 5) is 15.5. The molecule has 1 heterocycles. The van der Waals surface area contributed by atoms with Crippen LogP contribution < -0.4 is 5.32 Å². The summed E-state index contributed by atoms with van der Waals surface area (Å²) in [6.45, 7) is 10.7. The van der Waals surface area contributed by atoms with E-state index in [4.69, 9.17) is 0 Å². The van der Waals surface area contributed by atoms with Gasteiger partial charge in [0.25, 0.3) is 0 Å². The molecule has 0 amide bonds. The van der Waals surface area contributed by atoms with Crippen LogP contribution in [0.25, 0.3) is 0 Å². The van der Waals surface area contributed by atoms with Crippen molar-refractivity contribution < 1.29 is 14.3 Å². The minimum Gasteiger partial charge on any atom is -0.480 e. The van der Waals surface area contributed by atoms with Gasteiger partial charge in [0.2, 0.25) is 0 Å². The van der Waals surface area contributed by atoms with Gasteiger partial charge < -0.3 is 10.4 Å². The first-order valence-corrected chi connectivity index (χ1v) is 12.6. The highest BCUT2D eigenvalue weighted by Crippen LogP contribution is 2.18. The van der Waals surface area contributed by atoms with Crippen LogP contribution in [0, 0.1) is 5.82 Å². The number of carboxylic acids is 1. The Balaban J connectivity index is 2.60. The normalized spacial score (nSPS) is 12.8. The zero-order valence-electron chi connectivity index (χ0n) is 20.7. The molecule has 0 saturated carbocycles. The Morgan fingerprint density at radius 2 is 1.76 bits per heavy atom. The highest BCUT2D eigenvalue weighted by Gasteiger charge is 2.17. The van der Waals surface area contributed by atoms with Crippen molar-refractivity contribution in [2.45, 2.75) is 72.8 Å². The third kappa shape index (κ3) is 14.4. The molecule has 0 aliphatic carbocycles. The molecule has 182 valence electrons. The number of hydrogen-bond acceptors (Lipinski definition) is 4. The van der Waals surface area contributed by atoms with Gasteiger partial charge in [-0.05, 0) is 78.9 Å². The Morgan fingerprint density at radius 3 is 2.36 bits per heavy atom. The SMILES string of the molecule is CC(C)=CCC/C(C)=C/CC/C(=C/CSCC(Nc1ccc(F)cn1)C(=O)O)CC=C(C)C. The molecule has 4 nitrogen and oxygen atoms in total.